The van der Waals surface area contributed by atoms with Gasteiger partial charge in [-0.05, 0) is 55.5 Å². The van der Waals surface area contributed by atoms with Crippen LogP contribution in [0.5, 0.6) is 0 Å². The first-order chi connectivity index (χ1) is 16.7. The third-order valence-electron chi connectivity index (χ3n) is 5.55. The largest absolute Gasteiger partial charge is 0.318 e. The van der Waals surface area contributed by atoms with Crippen LogP contribution in [-0.2, 0) is 21.9 Å². The highest BCUT2D eigenvalue weighted by Crippen LogP contribution is 2.25. The minimum atomic E-state index is -4.10. The maximum absolute atomic E-state index is 13.4. The third kappa shape index (κ3) is 4.87. The van der Waals surface area contributed by atoms with Crippen LogP contribution in [0.2, 0.25) is 5.02 Å². The highest BCUT2D eigenvalue weighted by atomic mass is 35.5. The van der Waals surface area contributed by atoms with Gasteiger partial charge < -0.3 is 5.32 Å². The number of nitrogens with one attached hydrogen (secondary N) is 1. The molecule has 1 heterocycles. The number of anilines is 2. The summed E-state index contributed by atoms with van der Waals surface area (Å²) in [5, 5.41) is 3.01. The van der Waals surface area contributed by atoms with Crippen molar-refractivity contribution in [2.24, 2.45) is 7.05 Å². The van der Waals surface area contributed by atoms with E-state index in [-0.39, 0.29) is 10.6 Å². The lowest BCUT2D eigenvalue weighted by Gasteiger charge is -2.24. The molecule has 3 aromatic carbocycles. The summed E-state index contributed by atoms with van der Waals surface area (Å²) in [6.45, 7) is 1.17. The van der Waals surface area contributed by atoms with Crippen molar-refractivity contribution in [3.05, 3.63) is 106 Å². The van der Waals surface area contributed by atoms with Gasteiger partial charge in [-0.2, -0.15) is 0 Å². The normalized spacial score (nSPS) is 11.3. The van der Waals surface area contributed by atoms with Crippen LogP contribution in [0.3, 0.4) is 0 Å². The number of carbonyl (C=O) groups is 1. The topological polar surface area (TPSA) is 93.4 Å². The molecule has 1 amide bonds. The number of amides is 1. The Balaban J connectivity index is 1.68. The standard InChI is InChI=1S/C25H23ClN4O4S/c1-18-24(25(32)30(28(18)2)21-11-7-4-8-12-21)27-23(31)17-29(20-9-5-3-6-10-20)35(33,34)22-15-13-19(26)14-16-22/h3-16H,17H2,1-2H3,(H,27,31). The molecule has 0 fully saturated rings. The van der Waals surface area contributed by atoms with E-state index in [4.69, 9.17) is 11.6 Å². The molecule has 4 rings (SSSR count). The van der Waals surface area contributed by atoms with Crippen molar-refractivity contribution in [2.75, 3.05) is 16.2 Å². The van der Waals surface area contributed by atoms with E-state index in [9.17, 15) is 18.0 Å². The van der Waals surface area contributed by atoms with E-state index in [2.05, 4.69) is 5.32 Å². The zero-order valence-corrected chi connectivity index (χ0v) is 20.6. The number of sulfonamides is 1. The summed E-state index contributed by atoms with van der Waals surface area (Å²) in [5.41, 5.74) is 1.14. The van der Waals surface area contributed by atoms with E-state index in [1.54, 1.807) is 61.1 Å². The van der Waals surface area contributed by atoms with Gasteiger partial charge in [-0.3, -0.25) is 18.6 Å². The molecule has 0 atom stereocenters. The Morgan fingerprint density at radius 1 is 0.943 bits per heavy atom. The van der Waals surface area contributed by atoms with Crippen LogP contribution in [0.25, 0.3) is 5.69 Å². The molecule has 0 saturated carbocycles. The summed E-state index contributed by atoms with van der Waals surface area (Å²) in [5.74, 6) is -0.655. The SMILES string of the molecule is Cc1c(NC(=O)CN(c2ccccc2)S(=O)(=O)c2ccc(Cl)cc2)c(=O)n(-c2ccccc2)n1C. The summed E-state index contributed by atoms with van der Waals surface area (Å²) < 4.78 is 31.0. The van der Waals surface area contributed by atoms with Crippen LogP contribution in [0.15, 0.2) is 94.6 Å². The van der Waals surface area contributed by atoms with Crippen LogP contribution in [0.1, 0.15) is 5.69 Å². The second-order valence-electron chi connectivity index (χ2n) is 7.79. The summed E-state index contributed by atoms with van der Waals surface area (Å²) in [6.07, 6.45) is 0. The van der Waals surface area contributed by atoms with Crippen molar-refractivity contribution >= 4 is 38.9 Å². The summed E-state index contributed by atoms with van der Waals surface area (Å²) in [6, 6.07) is 23.0. The molecular formula is C25H23ClN4O4S. The van der Waals surface area contributed by atoms with Gasteiger partial charge in [0.15, 0.2) is 0 Å². The van der Waals surface area contributed by atoms with E-state index in [0.717, 1.165) is 4.31 Å². The van der Waals surface area contributed by atoms with Crippen LogP contribution < -0.4 is 15.2 Å². The molecule has 180 valence electrons. The van der Waals surface area contributed by atoms with Gasteiger partial charge in [0.2, 0.25) is 5.91 Å². The van der Waals surface area contributed by atoms with E-state index >= 15 is 0 Å². The van der Waals surface area contributed by atoms with Gasteiger partial charge in [0.05, 0.1) is 22.0 Å². The molecule has 10 heteroatoms. The van der Waals surface area contributed by atoms with Gasteiger partial charge in [-0.15, -0.1) is 0 Å². The lowest BCUT2D eigenvalue weighted by Crippen LogP contribution is -2.38. The Morgan fingerprint density at radius 2 is 1.51 bits per heavy atom. The van der Waals surface area contributed by atoms with Gasteiger partial charge in [-0.25, -0.2) is 13.1 Å². The average Bonchev–Trinajstić information content (AvgIpc) is 3.06. The fourth-order valence-electron chi connectivity index (χ4n) is 3.66. The van der Waals surface area contributed by atoms with Crippen LogP contribution >= 0.6 is 11.6 Å². The first-order valence-electron chi connectivity index (χ1n) is 10.7. The predicted molar refractivity (Wildman–Crippen MR) is 137 cm³/mol. The van der Waals surface area contributed by atoms with Crippen LogP contribution in [0, 0.1) is 6.92 Å². The zero-order chi connectivity index (χ0) is 25.2. The van der Waals surface area contributed by atoms with Crippen molar-refractivity contribution in [3.63, 3.8) is 0 Å². The minimum Gasteiger partial charge on any atom is -0.318 e. The van der Waals surface area contributed by atoms with Gasteiger partial charge >= 0.3 is 0 Å². The van der Waals surface area contributed by atoms with Crippen molar-refractivity contribution in [1.29, 1.82) is 0 Å². The highest BCUT2D eigenvalue weighted by Gasteiger charge is 2.28. The maximum Gasteiger partial charge on any atom is 0.295 e. The molecule has 4 aromatic rings. The lowest BCUT2D eigenvalue weighted by atomic mass is 10.3. The van der Waals surface area contributed by atoms with Crippen molar-refractivity contribution in [1.82, 2.24) is 9.36 Å². The van der Waals surface area contributed by atoms with Crippen molar-refractivity contribution in [3.8, 4) is 5.69 Å². The number of para-hydroxylation sites is 2. The quantitative estimate of drug-likeness (QED) is 0.407. The predicted octanol–water partition coefficient (Wildman–Crippen LogP) is 3.97. The first kappa shape index (κ1) is 24.3. The molecule has 0 saturated heterocycles. The Kier molecular flexibility index (Phi) is 6.81. The van der Waals surface area contributed by atoms with Crippen LogP contribution in [-0.4, -0.2) is 30.2 Å². The minimum absolute atomic E-state index is 0.0131. The number of aromatic nitrogens is 2. The Labute approximate surface area is 208 Å². The first-order valence-corrected chi connectivity index (χ1v) is 12.5. The molecule has 0 unspecified atom stereocenters. The molecule has 0 aliphatic heterocycles. The Morgan fingerprint density at radius 3 is 2.11 bits per heavy atom. The zero-order valence-electron chi connectivity index (χ0n) is 19.1. The van der Waals surface area contributed by atoms with E-state index in [1.807, 2.05) is 18.2 Å². The van der Waals surface area contributed by atoms with Gasteiger partial charge in [-0.1, -0.05) is 48.0 Å². The third-order valence-corrected chi connectivity index (χ3v) is 7.59. The number of carbonyl (C=O) groups excluding carboxylic acids is 1. The van der Waals surface area contributed by atoms with E-state index in [0.29, 0.717) is 22.1 Å². The van der Waals surface area contributed by atoms with E-state index < -0.39 is 28.0 Å². The number of hydrogen-bond acceptors (Lipinski definition) is 4. The lowest BCUT2D eigenvalue weighted by molar-refractivity contribution is -0.114. The van der Waals surface area contributed by atoms with Gasteiger partial charge in [0.25, 0.3) is 15.6 Å². The van der Waals surface area contributed by atoms with Gasteiger partial charge in [0.1, 0.15) is 12.2 Å². The molecule has 0 spiro atoms. The molecule has 0 aliphatic carbocycles. The summed E-state index contributed by atoms with van der Waals surface area (Å²) in [7, 11) is -2.39. The fourth-order valence-corrected chi connectivity index (χ4v) is 5.21. The number of halogens is 1. The van der Waals surface area contributed by atoms with Gasteiger partial charge in [0, 0.05) is 12.1 Å². The number of rotatable bonds is 7. The molecule has 1 aromatic heterocycles. The van der Waals surface area contributed by atoms with Crippen molar-refractivity contribution < 1.29 is 13.2 Å². The molecule has 35 heavy (non-hydrogen) atoms. The Bertz CT molecular complexity index is 1510. The van der Waals surface area contributed by atoms with E-state index in [1.165, 1.54) is 28.9 Å². The molecule has 8 nitrogen and oxygen atoms in total. The second kappa shape index (κ2) is 9.81. The highest BCUT2D eigenvalue weighted by molar-refractivity contribution is 7.92. The monoisotopic (exact) mass is 510 g/mol. The number of benzene rings is 3. The fraction of sp³-hybridized carbons (Fsp3) is 0.120. The molecule has 0 aliphatic rings. The van der Waals surface area contributed by atoms with Crippen molar-refractivity contribution in [2.45, 2.75) is 11.8 Å². The second-order valence-corrected chi connectivity index (χ2v) is 10.1. The molecular weight excluding hydrogens is 488 g/mol. The smallest absolute Gasteiger partial charge is 0.295 e. The summed E-state index contributed by atoms with van der Waals surface area (Å²) in [4.78, 5) is 26.2. The molecule has 0 radical (unpaired) electrons. The molecule has 1 N–H and O–H groups in total. The summed E-state index contributed by atoms with van der Waals surface area (Å²) >= 11 is 5.92. The van der Waals surface area contributed by atoms with Crippen LogP contribution in [0.4, 0.5) is 11.4 Å². The average molecular weight is 511 g/mol. The molecule has 0 bridgehead atoms. The number of nitrogens with zero attached hydrogens (tertiary/aromatic N) is 3. The maximum atomic E-state index is 13.4. The number of hydrogen-bond donors (Lipinski definition) is 1. The Hall–Kier alpha value is -3.82.